The standard InChI is InChI=1S/C18H30O2P.BrH/c1-18(2,3)17(19)20-14-10-9-12-15-11-7-8-13-16(15)21(4,5)6;/h7-8,11,13H,9-10,12,14H2,1-6H3;1H/q+1;/p-1. The van der Waals surface area contributed by atoms with Gasteiger partial charge in [-0.2, -0.15) is 0 Å². The van der Waals surface area contributed by atoms with Gasteiger partial charge in [0.2, 0.25) is 0 Å². The maximum absolute atomic E-state index is 11.7. The van der Waals surface area contributed by atoms with E-state index in [1.54, 1.807) is 0 Å². The molecule has 126 valence electrons. The van der Waals surface area contributed by atoms with E-state index < -0.39 is 12.7 Å². The molecule has 1 aromatic rings. The number of esters is 1. The van der Waals surface area contributed by atoms with Gasteiger partial charge in [0.25, 0.3) is 0 Å². The van der Waals surface area contributed by atoms with Crippen LogP contribution >= 0.6 is 7.26 Å². The summed E-state index contributed by atoms with van der Waals surface area (Å²) in [6, 6.07) is 8.76. The lowest BCUT2D eigenvalue weighted by Gasteiger charge is -2.17. The summed E-state index contributed by atoms with van der Waals surface area (Å²) in [7, 11) is -0.984. The highest BCUT2D eigenvalue weighted by molar-refractivity contribution is 7.81. The number of carbonyl (C=O) groups is 1. The zero-order valence-corrected chi connectivity index (χ0v) is 17.3. The van der Waals surface area contributed by atoms with E-state index in [-0.39, 0.29) is 23.0 Å². The van der Waals surface area contributed by atoms with Crippen molar-refractivity contribution in [2.45, 2.75) is 40.0 Å². The Labute approximate surface area is 147 Å². The summed E-state index contributed by atoms with van der Waals surface area (Å²) >= 11 is 0. The highest BCUT2D eigenvalue weighted by Crippen LogP contribution is 2.46. The van der Waals surface area contributed by atoms with Gasteiger partial charge in [0.1, 0.15) is 0 Å². The van der Waals surface area contributed by atoms with Crippen molar-refractivity contribution in [3.05, 3.63) is 29.8 Å². The molecule has 1 rings (SSSR count). The molecule has 0 unspecified atom stereocenters. The van der Waals surface area contributed by atoms with Gasteiger partial charge in [0, 0.05) is 7.26 Å². The minimum absolute atomic E-state index is 0. The third-order valence-electron chi connectivity index (χ3n) is 3.40. The normalized spacial score (nSPS) is 11.7. The number of aryl methyl sites for hydroxylation is 1. The molecule has 0 aliphatic rings. The summed E-state index contributed by atoms with van der Waals surface area (Å²) in [6.45, 7) is 13.3. The second-order valence-electron chi connectivity index (χ2n) is 7.48. The van der Waals surface area contributed by atoms with Gasteiger partial charge >= 0.3 is 5.97 Å². The van der Waals surface area contributed by atoms with Crippen LogP contribution in [0.3, 0.4) is 0 Å². The number of halogens is 1. The van der Waals surface area contributed by atoms with E-state index in [2.05, 4.69) is 44.3 Å². The third-order valence-corrected chi connectivity index (χ3v) is 5.28. The Kier molecular flexibility index (Phi) is 8.87. The van der Waals surface area contributed by atoms with Gasteiger partial charge in [-0.05, 0) is 51.7 Å². The molecule has 0 aliphatic heterocycles. The Morgan fingerprint density at radius 3 is 2.23 bits per heavy atom. The van der Waals surface area contributed by atoms with E-state index in [1.807, 2.05) is 20.8 Å². The van der Waals surface area contributed by atoms with Gasteiger partial charge in [-0.3, -0.25) is 4.79 Å². The van der Waals surface area contributed by atoms with Crippen LogP contribution < -0.4 is 22.3 Å². The van der Waals surface area contributed by atoms with Crippen LogP contribution in [0.5, 0.6) is 0 Å². The van der Waals surface area contributed by atoms with Crippen molar-refractivity contribution < 1.29 is 26.5 Å². The molecule has 2 nitrogen and oxygen atoms in total. The lowest BCUT2D eigenvalue weighted by molar-refractivity contribution is -0.153. The average Bonchev–Trinajstić information content (AvgIpc) is 2.36. The topological polar surface area (TPSA) is 26.3 Å². The lowest BCUT2D eigenvalue weighted by Crippen LogP contribution is -3.00. The van der Waals surface area contributed by atoms with Crippen molar-refractivity contribution in [2.24, 2.45) is 5.41 Å². The molecule has 22 heavy (non-hydrogen) atoms. The van der Waals surface area contributed by atoms with Gasteiger partial charge in [-0.15, -0.1) is 0 Å². The predicted molar refractivity (Wildman–Crippen MR) is 94.1 cm³/mol. The molecule has 0 aromatic heterocycles. The molecule has 0 N–H and O–H groups in total. The SMILES string of the molecule is CC(C)(C)C(=O)OCCCCc1ccccc1[P+](C)(C)C.[Br-]. The van der Waals surface area contributed by atoms with Crippen molar-refractivity contribution in [1.29, 1.82) is 0 Å². The first kappa shape index (κ1) is 21.6. The van der Waals surface area contributed by atoms with Crippen molar-refractivity contribution in [1.82, 2.24) is 0 Å². The van der Waals surface area contributed by atoms with E-state index in [4.69, 9.17) is 4.74 Å². The molecule has 4 heteroatoms. The average molecular weight is 389 g/mol. The molecule has 1 aromatic carbocycles. The fourth-order valence-corrected chi connectivity index (χ4v) is 3.76. The number of rotatable bonds is 6. The van der Waals surface area contributed by atoms with Crippen LogP contribution in [0.4, 0.5) is 0 Å². The molecule has 0 saturated carbocycles. The van der Waals surface area contributed by atoms with Crippen molar-refractivity contribution in [3.63, 3.8) is 0 Å². The van der Waals surface area contributed by atoms with E-state index >= 15 is 0 Å². The van der Waals surface area contributed by atoms with Crippen LogP contribution in [0.25, 0.3) is 0 Å². The van der Waals surface area contributed by atoms with Crippen LogP contribution in [0.15, 0.2) is 24.3 Å². The van der Waals surface area contributed by atoms with E-state index in [1.165, 1.54) is 10.9 Å². The number of carbonyl (C=O) groups excluding carboxylic acids is 1. The number of hydrogen-bond donors (Lipinski definition) is 0. The monoisotopic (exact) mass is 388 g/mol. The maximum atomic E-state index is 11.7. The molecule has 0 radical (unpaired) electrons. The Hall–Kier alpha value is -0.400. The first-order valence-corrected chi connectivity index (χ1v) is 10.8. The molecule has 0 saturated heterocycles. The minimum atomic E-state index is -0.984. The number of ether oxygens (including phenoxy) is 1. The van der Waals surface area contributed by atoms with Crippen LogP contribution in [0.1, 0.15) is 39.2 Å². The fraction of sp³-hybridized carbons (Fsp3) is 0.611. The molecule has 0 amide bonds. The Morgan fingerprint density at radius 1 is 1.09 bits per heavy atom. The summed E-state index contributed by atoms with van der Waals surface area (Å²) in [5.74, 6) is -0.108. The van der Waals surface area contributed by atoms with Gasteiger partial charge in [0.15, 0.2) is 0 Å². The highest BCUT2D eigenvalue weighted by atomic mass is 79.9. The molecule has 0 fully saturated rings. The largest absolute Gasteiger partial charge is 1.00 e. The van der Waals surface area contributed by atoms with Gasteiger partial charge in [-0.1, -0.05) is 18.2 Å². The molecule has 0 atom stereocenters. The van der Waals surface area contributed by atoms with Crippen molar-refractivity contribution >= 4 is 18.5 Å². The number of hydrogen-bond acceptors (Lipinski definition) is 2. The molecule has 0 bridgehead atoms. The van der Waals surface area contributed by atoms with Gasteiger partial charge in [-0.25, -0.2) is 0 Å². The van der Waals surface area contributed by atoms with E-state index in [0.29, 0.717) is 6.61 Å². The van der Waals surface area contributed by atoms with Crippen LogP contribution in [-0.2, 0) is 16.0 Å². The van der Waals surface area contributed by atoms with Crippen LogP contribution in [0, 0.1) is 5.41 Å². The first-order valence-electron chi connectivity index (χ1n) is 7.69. The predicted octanol–water partition coefficient (Wildman–Crippen LogP) is 1.13. The van der Waals surface area contributed by atoms with Gasteiger partial charge in [0.05, 0.1) is 37.3 Å². The Morgan fingerprint density at radius 2 is 1.68 bits per heavy atom. The molecule has 0 aliphatic carbocycles. The molecular formula is C18H30BrO2P. The summed E-state index contributed by atoms with van der Waals surface area (Å²) in [6.07, 6.45) is 3.06. The summed E-state index contributed by atoms with van der Waals surface area (Å²) in [5.41, 5.74) is 1.06. The second kappa shape index (κ2) is 9.03. The summed E-state index contributed by atoms with van der Waals surface area (Å²) < 4.78 is 5.31. The quantitative estimate of drug-likeness (QED) is 0.414. The third kappa shape index (κ3) is 7.24. The van der Waals surface area contributed by atoms with Crippen LogP contribution in [0.2, 0.25) is 0 Å². The zero-order chi connectivity index (χ0) is 16.1. The second-order valence-corrected chi connectivity index (χ2v) is 12.0. The van der Waals surface area contributed by atoms with Crippen molar-refractivity contribution in [2.75, 3.05) is 26.6 Å². The Bertz CT molecular complexity index is 473. The maximum Gasteiger partial charge on any atom is 0.311 e. The summed E-state index contributed by atoms with van der Waals surface area (Å²) in [5, 5.41) is 1.52. The molecule has 0 heterocycles. The molecule has 0 spiro atoms. The lowest BCUT2D eigenvalue weighted by atomic mass is 9.97. The van der Waals surface area contributed by atoms with Crippen molar-refractivity contribution in [3.8, 4) is 0 Å². The summed E-state index contributed by atoms with van der Waals surface area (Å²) in [4.78, 5) is 11.7. The highest BCUT2D eigenvalue weighted by Gasteiger charge is 2.24. The van der Waals surface area contributed by atoms with Gasteiger partial charge < -0.3 is 21.7 Å². The molecular weight excluding hydrogens is 359 g/mol. The fourth-order valence-electron chi connectivity index (χ4n) is 2.18. The first-order chi connectivity index (χ1) is 9.62. The number of unbranched alkanes of at least 4 members (excludes halogenated alkanes) is 1. The number of benzene rings is 1. The van der Waals surface area contributed by atoms with Crippen LogP contribution in [-0.4, -0.2) is 32.6 Å². The smallest absolute Gasteiger partial charge is 0.311 e. The zero-order valence-electron chi connectivity index (χ0n) is 14.8. The minimum Gasteiger partial charge on any atom is -1.00 e. The Balaban J connectivity index is 0.00000441. The van der Waals surface area contributed by atoms with E-state index in [9.17, 15) is 4.79 Å². The van der Waals surface area contributed by atoms with E-state index in [0.717, 1.165) is 19.3 Å².